The van der Waals surface area contributed by atoms with Crippen LogP contribution in [0.4, 0.5) is 4.39 Å². The molecule has 0 aliphatic carbocycles. The van der Waals surface area contributed by atoms with Gasteiger partial charge in [-0.2, -0.15) is 0 Å². The van der Waals surface area contributed by atoms with E-state index in [1.807, 2.05) is 0 Å². The lowest BCUT2D eigenvalue weighted by Crippen LogP contribution is -2.02. The molecule has 1 N–H and O–H groups in total. The van der Waals surface area contributed by atoms with Gasteiger partial charge in [-0.05, 0) is 11.6 Å². The third-order valence-corrected chi connectivity index (χ3v) is 1.41. The Morgan fingerprint density at radius 3 is 2.83 bits per heavy atom. The monoisotopic (exact) mass is 169 g/mol. The minimum atomic E-state index is -0.686. The van der Waals surface area contributed by atoms with Crippen molar-refractivity contribution in [2.45, 2.75) is 13.5 Å². The smallest absolute Gasteiger partial charge is 0.181 e. The van der Waals surface area contributed by atoms with Crippen LogP contribution in [0.1, 0.15) is 23.0 Å². The van der Waals surface area contributed by atoms with E-state index in [0.29, 0.717) is 5.56 Å². The van der Waals surface area contributed by atoms with E-state index in [4.69, 9.17) is 5.11 Å². The van der Waals surface area contributed by atoms with Crippen LogP contribution in [0.25, 0.3) is 0 Å². The third-order valence-electron chi connectivity index (χ3n) is 1.41. The van der Waals surface area contributed by atoms with Gasteiger partial charge in [-0.15, -0.1) is 0 Å². The predicted octanol–water partition coefficient (Wildman–Crippen LogP) is 0.916. The Hall–Kier alpha value is -1.29. The van der Waals surface area contributed by atoms with Gasteiger partial charge in [-0.25, -0.2) is 9.37 Å². The van der Waals surface area contributed by atoms with E-state index >= 15 is 0 Å². The number of ketones is 1. The molecule has 1 aromatic heterocycles. The number of aliphatic hydroxyl groups is 1. The van der Waals surface area contributed by atoms with E-state index in [2.05, 4.69) is 4.98 Å². The zero-order valence-electron chi connectivity index (χ0n) is 6.54. The second-order valence-corrected chi connectivity index (χ2v) is 2.39. The van der Waals surface area contributed by atoms with Crippen LogP contribution in [-0.2, 0) is 6.61 Å². The molecule has 1 aromatic rings. The number of Topliss-reactive ketones (excluding diaryl/α,β-unsaturated/α-hetero) is 1. The fourth-order valence-electron chi connectivity index (χ4n) is 0.823. The normalized spacial score (nSPS) is 9.92. The first-order chi connectivity index (χ1) is 5.65. The summed E-state index contributed by atoms with van der Waals surface area (Å²) >= 11 is 0. The van der Waals surface area contributed by atoms with Crippen molar-refractivity contribution in [2.75, 3.05) is 0 Å². The molecule has 12 heavy (non-hydrogen) atoms. The van der Waals surface area contributed by atoms with Crippen LogP contribution in [0.3, 0.4) is 0 Å². The Morgan fingerprint density at radius 2 is 2.42 bits per heavy atom. The molecule has 0 aliphatic heterocycles. The highest BCUT2D eigenvalue weighted by molar-refractivity contribution is 5.92. The van der Waals surface area contributed by atoms with Gasteiger partial charge in [0.05, 0.1) is 6.61 Å². The maximum absolute atomic E-state index is 12.9. The van der Waals surface area contributed by atoms with Crippen molar-refractivity contribution in [1.82, 2.24) is 4.98 Å². The Bertz CT molecular complexity index is 312. The van der Waals surface area contributed by atoms with E-state index in [-0.39, 0.29) is 12.3 Å². The SMILES string of the molecule is CC(=O)c1ncc(CO)cc1F. The Morgan fingerprint density at radius 1 is 1.75 bits per heavy atom. The molecule has 0 atom stereocenters. The minimum Gasteiger partial charge on any atom is -0.392 e. The highest BCUT2D eigenvalue weighted by Crippen LogP contribution is 2.07. The molecule has 0 radical (unpaired) electrons. The van der Waals surface area contributed by atoms with Crippen LogP contribution in [0, 0.1) is 5.82 Å². The topological polar surface area (TPSA) is 50.2 Å². The average molecular weight is 169 g/mol. The summed E-state index contributed by atoms with van der Waals surface area (Å²) in [4.78, 5) is 14.3. The second-order valence-electron chi connectivity index (χ2n) is 2.39. The van der Waals surface area contributed by atoms with Gasteiger partial charge >= 0.3 is 0 Å². The van der Waals surface area contributed by atoms with Gasteiger partial charge in [0.2, 0.25) is 0 Å². The maximum atomic E-state index is 12.9. The summed E-state index contributed by atoms with van der Waals surface area (Å²) in [5.74, 6) is -1.11. The standard InChI is InChI=1S/C8H8FNO2/c1-5(12)8-7(9)2-6(4-11)3-10-8/h2-3,11H,4H2,1H3. The second kappa shape index (κ2) is 3.40. The lowest BCUT2D eigenvalue weighted by molar-refractivity contribution is 0.100. The predicted molar refractivity (Wildman–Crippen MR) is 40.1 cm³/mol. The fourth-order valence-corrected chi connectivity index (χ4v) is 0.823. The van der Waals surface area contributed by atoms with Gasteiger partial charge in [-0.1, -0.05) is 0 Å². The quantitative estimate of drug-likeness (QED) is 0.669. The largest absolute Gasteiger partial charge is 0.392 e. The number of carbonyl (C=O) groups excluding carboxylic acids is 1. The first-order valence-corrected chi connectivity index (χ1v) is 3.41. The number of halogens is 1. The van der Waals surface area contributed by atoms with E-state index in [9.17, 15) is 9.18 Å². The number of rotatable bonds is 2. The van der Waals surface area contributed by atoms with Crippen LogP contribution in [0.2, 0.25) is 0 Å². The number of hydrogen-bond acceptors (Lipinski definition) is 3. The van der Waals surface area contributed by atoms with Crippen LogP contribution in [-0.4, -0.2) is 15.9 Å². The lowest BCUT2D eigenvalue weighted by atomic mass is 10.2. The number of pyridine rings is 1. The first-order valence-electron chi connectivity index (χ1n) is 3.41. The summed E-state index contributed by atoms with van der Waals surface area (Å²) < 4.78 is 12.9. The first kappa shape index (κ1) is 8.80. The zero-order chi connectivity index (χ0) is 9.14. The van der Waals surface area contributed by atoms with Crippen molar-refractivity contribution >= 4 is 5.78 Å². The number of carbonyl (C=O) groups is 1. The van der Waals surface area contributed by atoms with Crippen LogP contribution < -0.4 is 0 Å². The van der Waals surface area contributed by atoms with Crippen molar-refractivity contribution in [1.29, 1.82) is 0 Å². The molecule has 3 nitrogen and oxygen atoms in total. The summed E-state index contributed by atoms with van der Waals surface area (Å²) in [5.41, 5.74) is 0.171. The molecule has 4 heteroatoms. The van der Waals surface area contributed by atoms with Crippen molar-refractivity contribution in [3.8, 4) is 0 Å². The zero-order valence-corrected chi connectivity index (χ0v) is 6.54. The summed E-state index contributed by atoms with van der Waals surface area (Å²) in [6.45, 7) is 0.964. The number of aliphatic hydroxyl groups excluding tert-OH is 1. The van der Waals surface area contributed by atoms with Crippen molar-refractivity contribution < 1.29 is 14.3 Å². The van der Waals surface area contributed by atoms with Gasteiger partial charge in [0, 0.05) is 13.1 Å². The number of nitrogens with zero attached hydrogens (tertiary/aromatic N) is 1. The summed E-state index contributed by atoms with van der Waals surface area (Å²) in [7, 11) is 0. The molecular weight excluding hydrogens is 161 g/mol. The van der Waals surface area contributed by atoms with Crippen molar-refractivity contribution in [2.24, 2.45) is 0 Å². The van der Waals surface area contributed by atoms with Gasteiger partial charge in [0.25, 0.3) is 0 Å². The van der Waals surface area contributed by atoms with E-state index in [1.54, 1.807) is 0 Å². The third kappa shape index (κ3) is 1.65. The molecule has 0 fully saturated rings. The van der Waals surface area contributed by atoms with Crippen molar-refractivity contribution in [3.63, 3.8) is 0 Å². The van der Waals surface area contributed by atoms with Gasteiger partial charge in [-0.3, -0.25) is 4.79 Å². The minimum absolute atomic E-state index is 0.188. The molecule has 0 aromatic carbocycles. The molecule has 0 spiro atoms. The Kier molecular flexibility index (Phi) is 2.50. The molecule has 0 amide bonds. The highest BCUT2D eigenvalue weighted by atomic mass is 19.1. The van der Waals surface area contributed by atoms with E-state index in [1.165, 1.54) is 13.1 Å². The van der Waals surface area contributed by atoms with Crippen LogP contribution >= 0.6 is 0 Å². The number of aromatic nitrogens is 1. The van der Waals surface area contributed by atoms with Crippen LogP contribution in [0.5, 0.6) is 0 Å². The summed E-state index contributed by atoms with van der Waals surface area (Å²) in [6, 6.07) is 1.10. The highest BCUT2D eigenvalue weighted by Gasteiger charge is 2.08. The van der Waals surface area contributed by atoms with Gasteiger partial charge in [0.15, 0.2) is 11.6 Å². The molecule has 0 saturated heterocycles. The summed E-state index contributed by atoms with van der Waals surface area (Å²) in [5, 5.41) is 8.60. The van der Waals surface area contributed by atoms with E-state index < -0.39 is 11.6 Å². The lowest BCUT2D eigenvalue weighted by Gasteiger charge is -1.99. The Balaban J connectivity index is 3.12. The van der Waals surface area contributed by atoms with E-state index in [0.717, 1.165) is 6.07 Å². The molecule has 0 unspecified atom stereocenters. The maximum Gasteiger partial charge on any atom is 0.181 e. The molecule has 1 heterocycles. The van der Waals surface area contributed by atoms with Crippen LogP contribution in [0.15, 0.2) is 12.3 Å². The number of hydrogen-bond donors (Lipinski definition) is 1. The molecule has 0 bridgehead atoms. The fraction of sp³-hybridized carbons (Fsp3) is 0.250. The molecule has 0 saturated carbocycles. The molecular formula is C8H8FNO2. The van der Waals surface area contributed by atoms with Crippen molar-refractivity contribution in [3.05, 3.63) is 29.3 Å². The van der Waals surface area contributed by atoms with Gasteiger partial charge < -0.3 is 5.11 Å². The summed E-state index contributed by atoms with van der Waals surface area (Å²) in [6.07, 6.45) is 1.28. The average Bonchev–Trinajstić information content (AvgIpc) is 2.03. The molecule has 0 aliphatic rings. The molecule has 1 rings (SSSR count). The Labute approximate surface area is 68.9 Å². The molecule has 64 valence electrons. The van der Waals surface area contributed by atoms with Gasteiger partial charge in [0.1, 0.15) is 5.69 Å².